The summed E-state index contributed by atoms with van der Waals surface area (Å²) < 4.78 is 33.0. The summed E-state index contributed by atoms with van der Waals surface area (Å²) in [5, 5.41) is 0. The lowest BCUT2D eigenvalue weighted by atomic mass is 9.92. The van der Waals surface area contributed by atoms with E-state index in [4.69, 9.17) is 10.5 Å². The van der Waals surface area contributed by atoms with Gasteiger partial charge in [0.2, 0.25) is 10.0 Å². The molecule has 7 heteroatoms. The number of aryl methyl sites for hydroxylation is 1. The maximum atomic E-state index is 12.5. The highest BCUT2D eigenvalue weighted by molar-refractivity contribution is 7.89. The smallest absolute Gasteiger partial charge is 0.241 e. The molecule has 0 saturated heterocycles. The number of nitrogens with one attached hydrogen (secondary N) is 1. The van der Waals surface area contributed by atoms with Crippen LogP contribution >= 0.6 is 12.4 Å². The van der Waals surface area contributed by atoms with Crippen molar-refractivity contribution in [3.8, 4) is 5.75 Å². The third kappa shape index (κ3) is 5.43. The zero-order valence-electron chi connectivity index (χ0n) is 13.8. The molecule has 0 bridgehead atoms. The molecule has 0 heterocycles. The Labute approximate surface area is 140 Å². The minimum absolute atomic E-state index is 0. The number of nitrogens with two attached hydrogens (primary N) is 1. The van der Waals surface area contributed by atoms with Crippen molar-refractivity contribution in [2.24, 2.45) is 11.7 Å². The number of methoxy groups -OCH3 is 1. The topological polar surface area (TPSA) is 81.4 Å². The molecule has 1 aromatic carbocycles. The average Bonchev–Trinajstić information content (AvgIpc) is 2.37. The van der Waals surface area contributed by atoms with E-state index in [-0.39, 0.29) is 23.8 Å². The van der Waals surface area contributed by atoms with Gasteiger partial charge in [-0.25, -0.2) is 13.1 Å². The summed E-state index contributed by atoms with van der Waals surface area (Å²) in [7, 11) is -2.05. The molecule has 3 N–H and O–H groups in total. The second-order valence-electron chi connectivity index (χ2n) is 6.10. The van der Waals surface area contributed by atoms with Gasteiger partial charge >= 0.3 is 0 Å². The molecule has 0 saturated carbocycles. The minimum atomic E-state index is -3.61. The van der Waals surface area contributed by atoms with Crippen LogP contribution in [0.5, 0.6) is 5.75 Å². The van der Waals surface area contributed by atoms with Crippen molar-refractivity contribution in [3.05, 3.63) is 23.8 Å². The molecular formula is C15H27ClN2O3S. The number of ether oxygens (including phenoxy) is 1. The van der Waals surface area contributed by atoms with E-state index < -0.39 is 15.6 Å². The highest BCUT2D eigenvalue weighted by Crippen LogP contribution is 2.23. The van der Waals surface area contributed by atoms with E-state index in [9.17, 15) is 8.42 Å². The Morgan fingerprint density at radius 1 is 1.36 bits per heavy atom. The van der Waals surface area contributed by atoms with Crippen molar-refractivity contribution in [3.63, 3.8) is 0 Å². The normalized spacial score (nSPS) is 14.3. The van der Waals surface area contributed by atoms with Gasteiger partial charge in [0.25, 0.3) is 0 Å². The van der Waals surface area contributed by atoms with E-state index in [1.807, 2.05) is 27.7 Å². The van der Waals surface area contributed by atoms with E-state index in [2.05, 4.69) is 4.72 Å². The number of benzene rings is 1. The summed E-state index contributed by atoms with van der Waals surface area (Å²) in [5.74, 6) is 1.01. The van der Waals surface area contributed by atoms with Crippen molar-refractivity contribution < 1.29 is 13.2 Å². The number of hydrogen-bond acceptors (Lipinski definition) is 4. The van der Waals surface area contributed by atoms with Crippen molar-refractivity contribution in [2.45, 2.75) is 44.6 Å². The molecule has 0 aliphatic rings. The second kappa shape index (κ2) is 8.15. The molecule has 1 aromatic rings. The Balaban J connectivity index is 0.00000441. The second-order valence-corrected chi connectivity index (χ2v) is 7.78. The van der Waals surface area contributed by atoms with Gasteiger partial charge in [-0.05, 0) is 49.9 Å². The fraction of sp³-hybridized carbons (Fsp3) is 0.600. The number of halogens is 1. The van der Waals surface area contributed by atoms with Gasteiger partial charge in [0.1, 0.15) is 5.75 Å². The van der Waals surface area contributed by atoms with Gasteiger partial charge in [0.05, 0.1) is 12.0 Å². The van der Waals surface area contributed by atoms with Gasteiger partial charge in [-0.2, -0.15) is 0 Å². The van der Waals surface area contributed by atoms with Gasteiger partial charge in [0, 0.05) is 12.1 Å². The Morgan fingerprint density at radius 2 is 1.95 bits per heavy atom. The highest BCUT2D eigenvalue weighted by atomic mass is 35.5. The molecule has 0 spiro atoms. The lowest BCUT2D eigenvalue weighted by molar-refractivity contribution is 0.344. The molecular weight excluding hydrogens is 324 g/mol. The molecule has 0 aromatic heterocycles. The molecule has 1 unspecified atom stereocenters. The van der Waals surface area contributed by atoms with Crippen LogP contribution in [-0.2, 0) is 10.0 Å². The molecule has 5 nitrogen and oxygen atoms in total. The van der Waals surface area contributed by atoms with Crippen LogP contribution in [0, 0.1) is 12.8 Å². The van der Waals surface area contributed by atoms with Crippen LogP contribution in [0.25, 0.3) is 0 Å². The molecule has 1 atom stereocenters. The van der Waals surface area contributed by atoms with Gasteiger partial charge in [-0.3, -0.25) is 0 Å². The van der Waals surface area contributed by atoms with Gasteiger partial charge in [-0.1, -0.05) is 13.8 Å². The highest BCUT2D eigenvalue weighted by Gasteiger charge is 2.30. The van der Waals surface area contributed by atoms with Crippen LogP contribution in [0.4, 0.5) is 0 Å². The van der Waals surface area contributed by atoms with E-state index in [1.165, 1.54) is 0 Å². The van der Waals surface area contributed by atoms with Crippen LogP contribution in [0.1, 0.15) is 32.8 Å². The Kier molecular flexibility index (Phi) is 7.85. The SMILES string of the molecule is COc1ccc(S(=O)(=O)NC(C)(CN)CC(C)C)cc1C.Cl. The fourth-order valence-electron chi connectivity index (χ4n) is 2.47. The summed E-state index contributed by atoms with van der Waals surface area (Å²) in [4.78, 5) is 0.226. The van der Waals surface area contributed by atoms with E-state index in [0.717, 1.165) is 5.56 Å². The predicted molar refractivity (Wildman–Crippen MR) is 92.2 cm³/mol. The molecule has 0 aliphatic heterocycles. The quantitative estimate of drug-likeness (QED) is 0.791. The molecule has 1 rings (SSSR count). The number of hydrogen-bond donors (Lipinski definition) is 2. The zero-order valence-corrected chi connectivity index (χ0v) is 15.5. The molecule has 128 valence electrons. The molecule has 22 heavy (non-hydrogen) atoms. The van der Waals surface area contributed by atoms with Crippen molar-refractivity contribution in [1.82, 2.24) is 4.72 Å². The maximum Gasteiger partial charge on any atom is 0.241 e. The summed E-state index contributed by atoms with van der Waals surface area (Å²) >= 11 is 0. The fourth-order valence-corrected chi connectivity index (χ4v) is 3.98. The third-order valence-corrected chi connectivity index (χ3v) is 5.00. The van der Waals surface area contributed by atoms with Crippen LogP contribution < -0.4 is 15.2 Å². The molecule has 0 aliphatic carbocycles. The average molecular weight is 351 g/mol. The first-order chi connectivity index (χ1) is 9.63. The van der Waals surface area contributed by atoms with Crippen LogP contribution in [0.2, 0.25) is 0 Å². The maximum absolute atomic E-state index is 12.5. The van der Waals surface area contributed by atoms with Crippen molar-refractivity contribution in [1.29, 1.82) is 0 Å². The van der Waals surface area contributed by atoms with Crippen molar-refractivity contribution >= 4 is 22.4 Å². The first-order valence-electron chi connectivity index (χ1n) is 7.02. The molecule has 0 amide bonds. The van der Waals surface area contributed by atoms with Gasteiger partial charge in [-0.15, -0.1) is 12.4 Å². The first-order valence-corrected chi connectivity index (χ1v) is 8.50. The Morgan fingerprint density at radius 3 is 2.36 bits per heavy atom. The van der Waals surface area contributed by atoms with E-state index in [0.29, 0.717) is 18.1 Å². The lowest BCUT2D eigenvalue weighted by Gasteiger charge is -2.30. The molecule has 0 fully saturated rings. The number of rotatable bonds is 7. The first kappa shape index (κ1) is 21.2. The summed E-state index contributed by atoms with van der Waals surface area (Å²) in [6.45, 7) is 7.98. The standard InChI is InChI=1S/C15H26N2O3S.ClH/c1-11(2)9-15(4,10-16)17-21(18,19)13-6-7-14(20-5)12(3)8-13;/h6-8,11,17H,9-10,16H2,1-5H3;1H. The summed E-state index contributed by atoms with van der Waals surface area (Å²) in [5.41, 5.74) is 5.89. The summed E-state index contributed by atoms with van der Waals surface area (Å²) in [6, 6.07) is 4.81. The largest absolute Gasteiger partial charge is 0.496 e. The Hall–Kier alpha value is -0.820. The third-order valence-electron chi connectivity index (χ3n) is 3.37. The van der Waals surface area contributed by atoms with Gasteiger partial charge in [0.15, 0.2) is 0 Å². The van der Waals surface area contributed by atoms with Crippen LogP contribution in [-0.4, -0.2) is 27.6 Å². The monoisotopic (exact) mass is 350 g/mol. The molecule has 0 radical (unpaired) electrons. The van der Waals surface area contributed by atoms with Crippen molar-refractivity contribution in [2.75, 3.05) is 13.7 Å². The van der Waals surface area contributed by atoms with Gasteiger partial charge < -0.3 is 10.5 Å². The van der Waals surface area contributed by atoms with Crippen LogP contribution in [0.15, 0.2) is 23.1 Å². The predicted octanol–water partition coefficient (Wildman–Crippen LogP) is 2.47. The zero-order chi connectivity index (χ0) is 16.3. The lowest BCUT2D eigenvalue weighted by Crippen LogP contribution is -2.51. The van der Waals surface area contributed by atoms with E-state index >= 15 is 0 Å². The summed E-state index contributed by atoms with van der Waals surface area (Å²) in [6.07, 6.45) is 0.678. The number of sulfonamides is 1. The minimum Gasteiger partial charge on any atom is -0.496 e. The Bertz CT molecular complexity index is 590. The van der Waals surface area contributed by atoms with E-state index in [1.54, 1.807) is 25.3 Å². The van der Waals surface area contributed by atoms with Crippen LogP contribution in [0.3, 0.4) is 0 Å².